The van der Waals surface area contributed by atoms with Gasteiger partial charge in [-0.1, -0.05) is 18.2 Å². The molecule has 0 radical (unpaired) electrons. The first kappa shape index (κ1) is 12.5. The Kier molecular flexibility index (Phi) is 4.28. The number of hydrogen-bond acceptors (Lipinski definition) is 4. The van der Waals surface area contributed by atoms with Crippen molar-refractivity contribution in [1.29, 1.82) is 0 Å². The predicted octanol–water partition coefficient (Wildman–Crippen LogP) is 1.87. The van der Waals surface area contributed by atoms with Gasteiger partial charge in [-0.25, -0.2) is 4.98 Å². The zero-order chi connectivity index (χ0) is 12.8. The standard InChI is InChI=1S/C14H16N2O2/c15-10-12-2-1-3-14(16-12)18-13-6-4-11(5-7-13)8-9-17/h1-7,17H,8-10,15H2. The second-order valence-corrected chi connectivity index (χ2v) is 3.89. The Hall–Kier alpha value is -1.91. The normalized spacial score (nSPS) is 10.3. The summed E-state index contributed by atoms with van der Waals surface area (Å²) in [7, 11) is 0. The third kappa shape index (κ3) is 3.29. The van der Waals surface area contributed by atoms with E-state index in [0.717, 1.165) is 17.0 Å². The molecule has 0 amide bonds. The summed E-state index contributed by atoms with van der Waals surface area (Å²) in [6, 6.07) is 13.1. The number of nitrogens with zero attached hydrogens (tertiary/aromatic N) is 1. The molecule has 2 aromatic rings. The Bertz CT molecular complexity index is 497. The SMILES string of the molecule is NCc1cccc(Oc2ccc(CCO)cc2)n1. The maximum absolute atomic E-state index is 8.83. The molecule has 0 saturated carbocycles. The third-order valence-corrected chi connectivity index (χ3v) is 2.54. The van der Waals surface area contributed by atoms with Crippen molar-refractivity contribution in [3.05, 3.63) is 53.7 Å². The van der Waals surface area contributed by atoms with Crippen LogP contribution in [0.1, 0.15) is 11.3 Å². The molecular weight excluding hydrogens is 228 g/mol. The first-order valence-corrected chi connectivity index (χ1v) is 5.85. The Morgan fingerprint density at radius 2 is 1.89 bits per heavy atom. The highest BCUT2D eigenvalue weighted by molar-refractivity contribution is 5.31. The molecule has 1 aromatic carbocycles. The van der Waals surface area contributed by atoms with E-state index in [4.69, 9.17) is 15.6 Å². The van der Waals surface area contributed by atoms with Gasteiger partial charge in [0.2, 0.25) is 5.88 Å². The number of hydrogen-bond donors (Lipinski definition) is 2. The molecule has 0 spiro atoms. The van der Waals surface area contributed by atoms with Crippen molar-refractivity contribution < 1.29 is 9.84 Å². The van der Waals surface area contributed by atoms with Crippen molar-refractivity contribution >= 4 is 0 Å². The quantitative estimate of drug-likeness (QED) is 0.842. The van der Waals surface area contributed by atoms with Crippen molar-refractivity contribution in [3.8, 4) is 11.6 Å². The average Bonchev–Trinajstić information content (AvgIpc) is 2.42. The molecule has 1 heterocycles. The van der Waals surface area contributed by atoms with E-state index in [1.54, 1.807) is 6.07 Å². The van der Waals surface area contributed by atoms with Gasteiger partial charge < -0.3 is 15.6 Å². The zero-order valence-corrected chi connectivity index (χ0v) is 10.0. The molecule has 0 saturated heterocycles. The summed E-state index contributed by atoms with van der Waals surface area (Å²) in [5.74, 6) is 1.26. The molecule has 4 heteroatoms. The van der Waals surface area contributed by atoms with E-state index in [1.165, 1.54) is 0 Å². The number of benzene rings is 1. The molecule has 0 unspecified atom stereocenters. The minimum atomic E-state index is 0.153. The van der Waals surface area contributed by atoms with E-state index >= 15 is 0 Å². The molecule has 4 nitrogen and oxygen atoms in total. The summed E-state index contributed by atoms with van der Waals surface area (Å²) in [6.07, 6.45) is 0.654. The molecule has 0 aliphatic rings. The fraction of sp³-hybridized carbons (Fsp3) is 0.214. The summed E-state index contributed by atoms with van der Waals surface area (Å²) >= 11 is 0. The fourth-order valence-electron chi connectivity index (χ4n) is 1.60. The lowest BCUT2D eigenvalue weighted by molar-refractivity contribution is 0.299. The Morgan fingerprint density at radius 3 is 2.56 bits per heavy atom. The molecule has 2 rings (SSSR count). The largest absolute Gasteiger partial charge is 0.439 e. The van der Waals surface area contributed by atoms with Crippen LogP contribution in [-0.2, 0) is 13.0 Å². The van der Waals surface area contributed by atoms with Crippen molar-refractivity contribution in [3.63, 3.8) is 0 Å². The topological polar surface area (TPSA) is 68.4 Å². The molecule has 0 aliphatic heterocycles. The number of pyridine rings is 1. The van der Waals surface area contributed by atoms with E-state index < -0.39 is 0 Å². The van der Waals surface area contributed by atoms with E-state index in [1.807, 2.05) is 36.4 Å². The monoisotopic (exact) mass is 244 g/mol. The van der Waals surface area contributed by atoms with Crippen LogP contribution in [0.5, 0.6) is 11.6 Å². The lowest BCUT2D eigenvalue weighted by Crippen LogP contribution is -2.00. The number of ether oxygens (including phenoxy) is 1. The second-order valence-electron chi connectivity index (χ2n) is 3.89. The smallest absolute Gasteiger partial charge is 0.219 e. The summed E-state index contributed by atoms with van der Waals surface area (Å²) in [5, 5.41) is 8.83. The van der Waals surface area contributed by atoms with E-state index in [9.17, 15) is 0 Å². The summed E-state index contributed by atoms with van der Waals surface area (Å²) < 4.78 is 5.62. The van der Waals surface area contributed by atoms with Crippen molar-refractivity contribution in [2.75, 3.05) is 6.61 Å². The molecular formula is C14H16N2O2. The highest BCUT2D eigenvalue weighted by atomic mass is 16.5. The maximum atomic E-state index is 8.83. The molecule has 1 aromatic heterocycles. The maximum Gasteiger partial charge on any atom is 0.219 e. The van der Waals surface area contributed by atoms with Gasteiger partial charge >= 0.3 is 0 Å². The third-order valence-electron chi connectivity index (χ3n) is 2.54. The summed E-state index contributed by atoms with van der Waals surface area (Å²) in [5.41, 5.74) is 7.40. The molecule has 18 heavy (non-hydrogen) atoms. The van der Waals surface area contributed by atoms with Crippen LogP contribution in [0.3, 0.4) is 0 Å². The molecule has 3 N–H and O–H groups in total. The number of nitrogens with two attached hydrogens (primary N) is 1. The van der Waals surface area contributed by atoms with Crippen LogP contribution in [-0.4, -0.2) is 16.7 Å². The molecule has 94 valence electrons. The van der Waals surface area contributed by atoms with Crippen molar-refractivity contribution in [2.45, 2.75) is 13.0 Å². The van der Waals surface area contributed by atoms with E-state index in [2.05, 4.69) is 4.98 Å². The minimum absolute atomic E-state index is 0.153. The number of aromatic nitrogens is 1. The van der Waals surface area contributed by atoms with Crippen LogP contribution in [0, 0.1) is 0 Å². The lowest BCUT2D eigenvalue weighted by atomic mass is 10.1. The first-order chi connectivity index (χ1) is 8.81. The van der Waals surface area contributed by atoms with E-state index in [-0.39, 0.29) is 6.61 Å². The van der Waals surface area contributed by atoms with Gasteiger partial charge in [-0.2, -0.15) is 0 Å². The van der Waals surface area contributed by atoms with Crippen molar-refractivity contribution in [1.82, 2.24) is 4.98 Å². The van der Waals surface area contributed by atoms with Crippen molar-refractivity contribution in [2.24, 2.45) is 5.73 Å². The Morgan fingerprint density at radius 1 is 1.11 bits per heavy atom. The second kappa shape index (κ2) is 6.14. The zero-order valence-electron chi connectivity index (χ0n) is 10.0. The van der Waals surface area contributed by atoms with Crippen LogP contribution in [0.4, 0.5) is 0 Å². The summed E-state index contributed by atoms with van der Waals surface area (Å²) in [4.78, 5) is 4.26. The van der Waals surface area contributed by atoms with Gasteiger partial charge in [0, 0.05) is 19.2 Å². The minimum Gasteiger partial charge on any atom is -0.439 e. The Labute approximate surface area is 106 Å². The first-order valence-electron chi connectivity index (χ1n) is 5.85. The van der Waals surface area contributed by atoms with Crippen LogP contribution in [0.15, 0.2) is 42.5 Å². The number of aliphatic hydroxyl groups excluding tert-OH is 1. The molecule has 0 atom stereocenters. The lowest BCUT2D eigenvalue weighted by Gasteiger charge is -2.06. The van der Waals surface area contributed by atoms with Gasteiger partial charge in [0.15, 0.2) is 0 Å². The van der Waals surface area contributed by atoms with Gasteiger partial charge in [-0.3, -0.25) is 0 Å². The average molecular weight is 244 g/mol. The van der Waals surface area contributed by atoms with Gasteiger partial charge in [0.05, 0.1) is 5.69 Å². The molecule has 0 aliphatic carbocycles. The Balaban J connectivity index is 2.08. The molecule has 0 bridgehead atoms. The van der Waals surface area contributed by atoms with Gasteiger partial charge in [0.25, 0.3) is 0 Å². The van der Waals surface area contributed by atoms with Gasteiger partial charge in [-0.15, -0.1) is 0 Å². The fourth-order valence-corrected chi connectivity index (χ4v) is 1.60. The molecule has 0 fully saturated rings. The highest BCUT2D eigenvalue weighted by Gasteiger charge is 2.00. The van der Waals surface area contributed by atoms with Crippen LogP contribution in [0.2, 0.25) is 0 Å². The number of aliphatic hydroxyl groups is 1. The van der Waals surface area contributed by atoms with Crippen LogP contribution < -0.4 is 10.5 Å². The van der Waals surface area contributed by atoms with E-state index in [0.29, 0.717) is 18.8 Å². The van der Waals surface area contributed by atoms with Crippen LogP contribution >= 0.6 is 0 Å². The van der Waals surface area contributed by atoms with Gasteiger partial charge in [-0.05, 0) is 30.2 Å². The number of rotatable bonds is 5. The van der Waals surface area contributed by atoms with Crippen LogP contribution in [0.25, 0.3) is 0 Å². The summed E-state index contributed by atoms with van der Waals surface area (Å²) in [6.45, 7) is 0.549. The van der Waals surface area contributed by atoms with Gasteiger partial charge in [0.1, 0.15) is 5.75 Å². The predicted molar refractivity (Wildman–Crippen MR) is 69.4 cm³/mol. The highest BCUT2D eigenvalue weighted by Crippen LogP contribution is 2.20.